The molecule has 2 rings (SSSR count). The van der Waals surface area contributed by atoms with Gasteiger partial charge in [0.25, 0.3) is 0 Å². The molecule has 0 bridgehead atoms. The highest BCUT2D eigenvalue weighted by atomic mass is 15.5. The second-order valence-electron chi connectivity index (χ2n) is 3.35. The molecule has 1 heterocycles. The monoisotopic (exact) mass is 203 g/mol. The van der Waals surface area contributed by atoms with Crippen molar-refractivity contribution in [2.45, 2.75) is 19.8 Å². The quantitative estimate of drug-likeness (QED) is 0.761. The summed E-state index contributed by atoms with van der Waals surface area (Å²) in [4.78, 5) is 0. The van der Waals surface area contributed by atoms with Crippen molar-refractivity contribution in [3.63, 3.8) is 0 Å². The lowest BCUT2D eigenvalue weighted by molar-refractivity contribution is 0.745. The van der Waals surface area contributed by atoms with Gasteiger partial charge in [0, 0.05) is 12.1 Å². The van der Waals surface area contributed by atoms with Crippen LogP contribution in [0.4, 0.5) is 5.69 Å². The maximum Gasteiger partial charge on any atom is 0.156 e. The summed E-state index contributed by atoms with van der Waals surface area (Å²) in [7, 11) is 0. The van der Waals surface area contributed by atoms with Crippen molar-refractivity contribution in [2.75, 3.05) is 5.73 Å². The molecule has 1 aromatic carbocycles. The van der Waals surface area contributed by atoms with Crippen molar-refractivity contribution in [3.05, 3.63) is 30.1 Å². The van der Waals surface area contributed by atoms with E-state index in [4.69, 9.17) is 5.73 Å². The van der Waals surface area contributed by atoms with Crippen molar-refractivity contribution in [1.29, 1.82) is 0 Å². The zero-order valence-corrected chi connectivity index (χ0v) is 8.59. The first-order chi connectivity index (χ1) is 7.31. The Morgan fingerprint density at radius 1 is 1.40 bits per heavy atom. The molecule has 2 aromatic rings. The molecule has 0 spiro atoms. The maximum atomic E-state index is 5.71. The van der Waals surface area contributed by atoms with E-state index in [1.54, 1.807) is 4.68 Å². The van der Waals surface area contributed by atoms with Gasteiger partial charge in [-0.25, -0.2) is 0 Å². The van der Waals surface area contributed by atoms with E-state index >= 15 is 0 Å². The van der Waals surface area contributed by atoms with Crippen LogP contribution in [0.2, 0.25) is 0 Å². The van der Waals surface area contributed by atoms with Crippen LogP contribution in [0.15, 0.2) is 24.3 Å². The Kier molecular flexibility index (Phi) is 2.62. The first-order valence-electron chi connectivity index (χ1n) is 4.94. The lowest BCUT2D eigenvalue weighted by atomic mass is 10.2. The first kappa shape index (κ1) is 9.64. The molecule has 0 fully saturated rings. The summed E-state index contributed by atoms with van der Waals surface area (Å²) in [5.74, 6) is 0.864. The molecular formula is C10H13N5. The van der Waals surface area contributed by atoms with Crippen LogP contribution < -0.4 is 5.73 Å². The number of nitrogens with zero attached hydrogens (tertiary/aromatic N) is 4. The summed E-state index contributed by atoms with van der Waals surface area (Å²) in [6.45, 7) is 2.10. The third-order valence-corrected chi connectivity index (χ3v) is 2.12. The minimum absolute atomic E-state index is 0.713. The van der Waals surface area contributed by atoms with E-state index in [2.05, 4.69) is 22.4 Å². The molecule has 0 aliphatic carbocycles. The molecule has 1 aromatic heterocycles. The van der Waals surface area contributed by atoms with Crippen LogP contribution in [0.5, 0.6) is 0 Å². The fourth-order valence-electron chi connectivity index (χ4n) is 1.44. The molecule has 0 radical (unpaired) electrons. The van der Waals surface area contributed by atoms with Gasteiger partial charge in [0.1, 0.15) is 0 Å². The second kappa shape index (κ2) is 4.08. The van der Waals surface area contributed by atoms with Crippen LogP contribution in [0.1, 0.15) is 19.2 Å². The molecule has 0 unspecified atom stereocenters. The highest BCUT2D eigenvalue weighted by Gasteiger charge is 2.06. The standard InChI is InChI=1S/C10H13N5/c1-2-4-10-12-13-14-15(10)9-6-3-5-8(11)7-9/h3,5-7H,2,4,11H2,1H3. The molecule has 5 heteroatoms. The Labute approximate surface area is 87.9 Å². The zero-order chi connectivity index (χ0) is 10.7. The van der Waals surface area contributed by atoms with Gasteiger partial charge in [-0.3, -0.25) is 0 Å². The van der Waals surface area contributed by atoms with E-state index in [9.17, 15) is 0 Å². The Balaban J connectivity index is 2.40. The molecule has 0 atom stereocenters. The van der Waals surface area contributed by atoms with Gasteiger partial charge in [-0.05, 0) is 35.0 Å². The van der Waals surface area contributed by atoms with Gasteiger partial charge in [0.2, 0.25) is 0 Å². The number of hydrogen-bond donors (Lipinski definition) is 1. The fourth-order valence-corrected chi connectivity index (χ4v) is 1.44. The van der Waals surface area contributed by atoms with Crippen molar-refractivity contribution in [3.8, 4) is 5.69 Å². The predicted molar refractivity (Wildman–Crippen MR) is 57.6 cm³/mol. The Hall–Kier alpha value is -1.91. The van der Waals surface area contributed by atoms with E-state index in [-0.39, 0.29) is 0 Å². The molecule has 2 N–H and O–H groups in total. The van der Waals surface area contributed by atoms with Crippen molar-refractivity contribution in [1.82, 2.24) is 20.2 Å². The number of nitrogen functional groups attached to an aromatic ring is 1. The third-order valence-electron chi connectivity index (χ3n) is 2.12. The number of anilines is 1. The molecule has 15 heavy (non-hydrogen) atoms. The maximum absolute atomic E-state index is 5.71. The molecule has 0 aliphatic heterocycles. The van der Waals surface area contributed by atoms with E-state index < -0.39 is 0 Å². The molecule has 0 amide bonds. The second-order valence-corrected chi connectivity index (χ2v) is 3.35. The lowest BCUT2D eigenvalue weighted by Crippen LogP contribution is -2.03. The van der Waals surface area contributed by atoms with Gasteiger partial charge in [0.15, 0.2) is 5.82 Å². The Bertz CT molecular complexity index is 449. The van der Waals surface area contributed by atoms with Crippen molar-refractivity contribution >= 4 is 5.69 Å². The van der Waals surface area contributed by atoms with Crippen LogP contribution in [0.25, 0.3) is 5.69 Å². The van der Waals surface area contributed by atoms with Gasteiger partial charge in [-0.2, -0.15) is 4.68 Å². The minimum atomic E-state index is 0.713. The topological polar surface area (TPSA) is 69.6 Å². The summed E-state index contributed by atoms with van der Waals surface area (Å²) >= 11 is 0. The summed E-state index contributed by atoms with van der Waals surface area (Å²) < 4.78 is 1.72. The summed E-state index contributed by atoms with van der Waals surface area (Å²) in [5, 5.41) is 11.6. The number of tetrazole rings is 1. The van der Waals surface area contributed by atoms with Gasteiger partial charge >= 0.3 is 0 Å². The highest BCUT2D eigenvalue weighted by Crippen LogP contribution is 2.12. The van der Waals surface area contributed by atoms with E-state index in [1.807, 2.05) is 24.3 Å². The molecule has 0 aliphatic rings. The molecule has 0 saturated carbocycles. The Morgan fingerprint density at radius 3 is 3.00 bits per heavy atom. The molecule has 0 saturated heterocycles. The van der Waals surface area contributed by atoms with Crippen molar-refractivity contribution in [2.24, 2.45) is 0 Å². The van der Waals surface area contributed by atoms with E-state index in [0.717, 1.165) is 24.4 Å². The normalized spacial score (nSPS) is 10.5. The fraction of sp³-hybridized carbons (Fsp3) is 0.300. The molecular weight excluding hydrogens is 190 g/mol. The molecule has 78 valence electrons. The van der Waals surface area contributed by atoms with Crippen LogP contribution in [0.3, 0.4) is 0 Å². The van der Waals surface area contributed by atoms with Crippen LogP contribution in [-0.2, 0) is 6.42 Å². The van der Waals surface area contributed by atoms with Crippen LogP contribution >= 0.6 is 0 Å². The van der Waals surface area contributed by atoms with Gasteiger partial charge < -0.3 is 5.73 Å². The largest absolute Gasteiger partial charge is 0.399 e. The number of benzene rings is 1. The number of aromatic nitrogens is 4. The summed E-state index contributed by atoms with van der Waals surface area (Å²) in [6.07, 6.45) is 1.88. The van der Waals surface area contributed by atoms with Gasteiger partial charge in [-0.1, -0.05) is 13.0 Å². The number of rotatable bonds is 3. The van der Waals surface area contributed by atoms with Crippen LogP contribution in [-0.4, -0.2) is 20.2 Å². The van der Waals surface area contributed by atoms with Crippen molar-refractivity contribution < 1.29 is 0 Å². The van der Waals surface area contributed by atoms with Gasteiger partial charge in [-0.15, -0.1) is 5.10 Å². The third kappa shape index (κ3) is 1.96. The minimum Gasteiger partial charge on any atom is -0.399 e. The number of nitrogens with two attached hydrogens (primary N) is 1. The summed E-state index contributed by atoms with van der Waals surface area (Å²) in [6, 6.07) is 7.52. The smallest absolute Gasteiger partial charge is 0.156 e. The number of aryl methyl sites for hydroxylation is 1. The zero-order valence-electron chi connectivity index (χ0n) is 8.59. The highest BCUT2D eigenvalue weighted by molar-refractivity contribution is 5.47. The average Bonchev–Trinajstić information content (AvgIpc) is 2.66. The van der Waals surface area contributed by atoms with E-state index in [1.165, 1.54) is 0 Å². The number of hydrogen-bond acceptors (Lipinski definition) is 4. The SMILES string of the molecule is CCCc1nnnn1-c1cccc(N)c1. The first-order valence-corrected chi connectivity index (χ1v) is 4.94. The van der Waals surface area contributed by atoms with E-state index in [0.29, 0.717) is 5.69 Å². The Morgan fingerprint density at radius 2 is 2.27 bits per heavy atom. The molecule has 5 nitrogen and oxygen atoms in total. The van der Waals surface area contributed by atoms with Gasteiger partial charge in [0.05, 0.1) is 5.69 Å². The predicted octanol–water partition coefficient (Wildman–Crippen LogP) is 1.20. The van der Waals surface area contributed by atoms with Crippen LogP contribution in [0, 0.1) is 0 Å². The average molecular weight is 203 g/mol. The lowest BCUT2D eigenvalue weighted by Gasteiger charge is -2.03. The summed E-state index contributed by atoms with van der Waals surface area (Å²) in [5.41, 5.74) is 7.33.